The lowest BCUT2D eigenvalue weighted by atomic mass is 10.0. The van der Waals surface area contributed by atoms with Crippen molar-refractivity contribution in [2.24, 2.45) is 0 Å². The third-order valence-electron chi connectivity index (χ3n) is 3.89. The number of hydrogen-bond donors (Lipinski definition) is 2. The minimum Gasteiger partial charge on any atom is -0.378 e. The number of nitrogens with zero attached hydrogens (tertiary/aromatic N) is 1. The number of hydrogen-bond acceptors (Lipinski definition) is 3. The van der Waals surface area contributed by atoms with Crippen LogP contribution in [0.2, 0.25) is 0 Å². The molecule has 0 aromatic heterocycles. The Morgan fingerprint density at radius 1 is 1.53 bits per heavy atom. The maximum atomic E-state index is 9.64. The highest BCUT2D eigenvalue weighted by Crippen LogP contribution is 2.35. The normalized spacial score (nSPS) is 35.6. The quantitative estimate of drug-likeness (QED) is 0.749. The zero-order chi connectivity index (χ0) is 12.4. The molecule has 0 aliphatic carbocycles. The number of likely N-dealkylation sites (N-methyl/N-ethyl adjacent to an activating group) is 1. The highest BCUT2D eigenvalue weighted by molar-refractivity contribution is 8.17. The zero-order valence-corrected chi connectivity index (χ0v) is 11.7. The molecule has 98 valence electrons. The molecule has 4 heteroatoms. The fourth-order valence-corrected chi connectivity index (χ4v) is 4.25. The van der Waals surface area contributed by atoms with Crippen LogP contribution in [-0.4, -0.2) is 54.0 Å². The number of likely N-dealkylation sites (tertiary alicyclic amines) is 1. The summed E-state index contributed by atoms with van der Waals surface area (Å²) in [5.74, 6) is 5.48. The summed E-state index contributed by atoms with van der Waals surface area (Å²) in [4.78, 5) is 3.57. The van der Waals surface area contributed by atoms with Crippen molar-refractivity contribution < 1.29 is 5.11 Å². The van der Waals surface area contributed by atoms with E-state index in [2.05, 4.69) is 18.1 Å². The van der Waals surface area contributed by atoms with E-state index in [1.54, 1.807) is 10.5 Å². The molecule has 2 heterocycles. The average molecular weight is 256 g/mol. The van der Waals surface area contributed by atoms with Crippen molar-refractivity contribution in [3.8, 4) is 0 Å². The summed E-state index contributed by atoms with van der Waals surface area (Å²) < 4.78 is 0. The van der Waals surface area contributed by atoms with Gasteiger partial charge >= 0.3 is 0 Å². The molecule has 2 aliphatic rings. The van der Waals surface area contributed by atoms with Crippen LogP contribution >= 0.6 is 10.5 Å². The van der Waals surface area contributed by atoms with Gasteiger partial charge in [-0.3, -0.25) is 4.90 Å². The number of piperidine rings is 1. The molecule has 0 aromatic carbocycles. The average Bonchev–Trinajstić information content (AvgIpc) is 2.61. The molecule has 2 unspecified atom stereocenters. The molecular weight excluding hydrogens is 232 g/mol. The third-order valence-corrected chi connectivity index (χ3v) is 5.78. The molecule has 1 fully saturated rings. The first kappa shape index (κ1) is 13.3. The Balaban J connectivity index is 1.83. The van der Waals surface area contributed by atoms with Crippen LogP contribution in [0, 0.1) is 0 Å². The minimum atomic E-state index is -0.247. The van der Waals surface area contributed by atoms with Crippen molar-refractivity contribution in [3.63, 3.8) is 0 Å². The van der Waals surface area contributed by atoms with Gasteiger partial charge in [-0.15, -0.1) is 0 Å². The highest BCUT2D eigenvalue weighted by atomic mass is 32.2. The SMILES string of the molecule is C=S1CCC(C)=C1CN[C@H]1CCC(O)N(C)C1. The molecule has 1 saturated heterocycles. The lowest BCUT2D eigenvalue weighted by Crippen LogP contribution is -2.48. The standard InChI is InChI=1S/C13H24N2OS/c1-10-6-7-17(3)12(10)8-14-11-4-5-13(16)15(2)9-11/h11,13-14,16H,3-9H2,1-2H3/t11-,13?,17?/m0/s1. The summed E-state index contributed by atoms with van der Waals surface area (Å²) in [6.45, 7) is 4.18. The Hall–Kier alpha value is -0.160. The van der Waals surface area contributed by atoms with Crippen LogP contribution in [0.1, 0.15) is 26.2 Å². The second-order valence-corrected chi connectivity index (χ2v) is 7.11. The first-order valence-corrected chi connectivity index (χ1v) is 7.95. The first-order valence-electron chi connectivity index (χ1n) is 6.39. The van der Waals surface area contributed by atoms with E-state index >= 15 is 0 Å². The zero-order valence-electron chi connectivity index (χ0n) is 10.9. The van der Waals surface area contributed by atoms with Gasteiger partial charge in [-0.2, -0.15) is 10.5 Å². The second kappa shape index (κ2) is 5.65. The first-order chi connectivity index (χ1) is 8.08. The van der Waals surface area contributed by atoms with Gasteiger partial charge < -0.3 is 10.4 Å². The van der Waals surface area contributed by atoms with Crippen LogP contribution in [0.3, 0.4) is 0 Å². The molecule has 0 radical (unpaired) electrons. The maximum Gasteiger partial charge on any atom is 0.107 e. The molecule has 0 aromatic rings. The van der Waals surface area contributed by atoms with E-state index in [1.807, 2.05) is 11.9 Å². The summed E-state index contributed by atoms with van der Waals surface area (Å²) in [6.07, 6.45) is 2.93. The van der Waals surface area contributed by atoms with E-state index in [4.69, 9.17) is 0 Å². The fraction of sp³-hybridized carbons (Fsp3) is 0.769. The lowest BCUT2D eigenvalue weighted by molar-refractivity contribution is -0.0160. The van der Waals surface area contributed by atoms with E-state index in [9.17, 15) is 5.11 Å². The van der Waals surface area contributed by atoms with Crippen LogP contribution in [-0.2, 0) is 0 Å². The molecule has 2 N–H and O–H groups in total. The summed E-state index contributed by atoms with van der Waals surface area (Å²) in [6, 6.07) is 0.515. The molecule has 0 amide bonds. The predicted molar refractivity (Wildman–Crippen MR) is 76.6 cm³/mol. The summed E-state index contributed by atoms with van der Waals surface area (Å²) in [5.41, 5.74) is 1.54. The van der Waals surface area contributed by atoms with Gasteiger partial charge in [0.05, 0.1) is 0 Å². The van der Waals surface area contributed by atoms with E-state index < -0.39 is 0 Å². The smallest absolute Gasteiger partial charge is 0.107 e. The predicted octanol–water partition coefficient (Wildman–Crippen LogP) is 1.37. The molecule has 2 aliphatic heterocycles. The van der Waals surface area contributed by atoms with Crippen molar-refractivity contribution in [3.05, 3.63) is 10.5 Å². The second-order valence-electron chi connectivity index (χ2n) is 5.23. The van der Waals surface area contributed by atoms with Gasteiger partial charge in [0.1, 0.15) is 6.23 Å². The van der Waals surface area contributed by atoms with Gasteiger partial charge in [0, 0.05) is 19.1 Å². The number of nitrogens with one attached hydrogen (secondary N) is 1. The molecule has 0 spiro atoms. The van der Waals surface area contributed by atoms with E-state index in [-0.39, 0.29) is 16.7 Å². The highest BCUT2D eigenvalue weighted by Gasteiger charge is 2.24. The lowest BCUT2D eigenvalue weighted by Gasteiger charge is -2.34. The Kier molecular flexibility index (Phi) is 4.42. The van der Waals surface area contributed by atoms with Crippen LogP contribution < -0.4 is 5.32 Å². The van der Waals surface area contributed by atoms with Gasteiger partial charge in [-0.25, -0.2) is 0 Å². The summed E-state index contributed by atoms with van der Waals surface area (Å²) >= 11 is 0. The number of allylic oxidation sites excluding steroid dienone is 1. The minimum absolute atomic E-state index is 0.243. The molecule has 3 nitrogen and oxygen atoms in total. The van der Waals surface area contributed by atoms with Gasteiger partial charge in [-0.05, 0) is 43.9 Å². The summed E-state index contributed by atoms with van der Waals surface area (Å²) in [5, 5.41) is 13.3. The molecule has 0 bridgehead atoms. The van der Waals surface area contributed by atoms with E-state index in [0.717, 1.165) is 25.9 Å². The van der Waals surface area contributed by atoms with Gasteiger partial charge in [0.25, 0.3) is 0 Å². The Labute approximate surface area is 107 Å². The van der Waals surface area contributed by atoms with Crippen molar-refractivity contribution >= 4 is 16.4 Å². The molecule has 17 heavy (non-hydrogen) atoms. The summed E-state index contributed by atoms with van der Waals surface area (Å²) in [7, 11) is 2.23. The van der Waals surface area contributed by atoms with Gasteiger partial charge in [0.2, 0.25) is 0 Å². The molecule has 0 saturated carbocycles. The Morgan fingerprint density at radius 2 is 2.29 bits per heavy atom. The van der Waals surface area contributed by atoms with Crippen LogP contribution in [0.5, 0.6) is 0 Å². The van der Waals surface area contributed by atoms with E-state index in [0.29, 0.717) is 6.04 Å². The number of rotatable bonds is 3. The van der Waals surface area contributed by atoms with Crippen molar-refractivity contribution in [2.75, 3.05) is 25.9 Å². The third kappa shape index (κ3) is 3.19. The monoisotopic (exact) mass is 256 g/mol. The van der Waals surface area contributed by atoms with Crippen LogP contribution in [0.4, 0.5) is 0 Å². The Bertz CT molecular complexity index is 340. The van der Waals surface area contributed by atoms with Crippen molar-refractivity contribution in [1.82, 2.24) is 10.2 Å². The van der Waals surface area contributed by atoms with Gasteiger partial charge in [-0.1, -0.05) is 11.4 Å². The topological polar surface area (TPSA) is 35.5 Å². The molecule has 3 atom stereocenters. The van der Waals surface area contributed by atoms with Crippen LogP contribution in [0.25, 0.3) is 0 Å². The fourth-order valence-electron chi connectivity index (χ4n) is 2.57. The van der Waals surface area contributed by atoms with Crippen molar-refractivity contribution in [2.45, 2.75) is 38.5 Å². The van der Waals surface area contributed by atoms with E-state index in [1.165, 1.54) is 12.2 Å². The molecular formula is C13H24N2OS. The maximum absolute atomic E-state index is 9.64. The largest absolute Gasteiger partial charge is 0.378 e. The molecule has 2 rings (SSSR count). The number of aliphatic hydroxyl groups is 1. The van der Waals surface area contributed by atoms with Crippen molar-refractivity contribution in [1.29, 1.82) is 0 Å². The van der Waals surface area contributed by atoms with Crippen LogP contribution in [0.15, 0.2) is 10.5 Å². The Morgan fingerprint density at radius 3 is 2.88 bits per heavy atom. The number of aliphatic hydroxyl groups excluding tert-OH is 1. The van der Waals surface area contributed by atoms with Gasteiger partial charge in [0.15, 0.2) is 0 Å².